The van der Waals surface area contributed by atoms with Gasteiger partial charge >= 0.3 is 0 Å². The molecule has 3 aromatic rings. The number of nitrogens with zero attached hydrogens (tertiary/aromatic N) is 5. The van der Waals surface area contributed by atoms with Gasteiger partial charge in [-0.3, -0.25) is 8.71 Å². The summed E-state index contributed by atoms with van der Waals surface area (Å²) in [5, 5.41) is 6.14. The summed E-state index contributed by atoms with van der Waals surface area (Å²) in [6.07, 6.45) is 4.50. The molecule has 0 saturated carbocycles. The monoisotopic (exact) mass is 417 g/mol. The molecule has 11 heteroatoms. The van der Waals surface area contributed by atoms with Gasteiger partial charge in [-0.1, -0.05) is 6.07 Å². The van der Waals surface area contributed by atoms with Crippen molar-refractivity contribution in [3.8, 4) is 11.4 Å². The van der Waals surface area contributed by atoms with Crippen molar-refractivity contribution in [2.24, 2.45) is 0 Å². The van der Waals surface area contributed by atoms with Crippen LogP contribution in [0.2, 0.25) is 0 Å². The molecule has 2 aliphatic heterocycles. The van der Waals surface area contributed by atoms with E-state index in [0.29, 0.717) is 54.7 Å². The lowest BCUT2D eigenvalue weighted by molar-refractivity contribution is 0.342. The zero-order chi connectivity index (χ0) is 20.0. The van der Waals surface area contributed by atoms with Crippen LogP contribution in [0, 0.1) is 0 Å². The Morgan fingerprint density at radius 3 is 2.86 bits per heavy atom. The summed E-state index contributed by atoms with van der Waals surface area (Å²) in [6, 6.07) is 5.14. The van der Waals surface area contributed by atoms with Crippen molar-refractivity contribution >= 4 is 27.3 Å². The maximum Gasteiger partial charge on any atom is 0.236 e. The highest BCUT2D eigenvalue weighted by molar-refractivity contribution is 7.93. The molecule has 3 aromatic heterocycles. The third-order valence-corrected chi connectivity index (χ3v) is 7.07. The molecular weight excluding hydrogens is 397 g/mol. The smallest absolute Gasteiger partial charge is 0.236 e. The minimum absolute atomic E-state index is 0.129. The number of nitrogens with one attached hydrogen (secondary N) is 2. The van der Waals surface area contributed by atoms with E-state index in [1.165, 1.54) is 4.31 Å². The summed E-state index contributed by atoms with van der Waals surface area (Å²) >= 11 is 0. The predicted molar refractivity (Wildman–Crippen MR) is 107 cm³/mol. The van der Waals surface area contributed by atoms with Crippen molar-refractivity contribution in [2.75, 3.05) is 35.0 Å². The number of hydrogen-bond donors (Lipinski definition) is 2. The van der Waals surface area contributed by atoms with E-state index in [9.17, 15) is 12.8 Å². The predicted octanol–water partition coefficient (Wildman–Crippen LogP) is 1.05. The van der Waals surface area contributed by atoms with Crippen LogP contribution in [0.3, 0.4) is 0 Å². The standard InChI is InChI=1S/C18H20FN7O2S/c19-12-7-20-8-14(12)24-16-4-1-3-13(23-16)15-9-21-17-10-22-18(11-25(15)17)26-5-2-6-29(26,27)28/h1,3-4,9-12,14,20H,2,5-8H2,(H,23,24). The lowest BCUT2D eigenvalue weighted by Gasteiger charge is -2.16. The second-order valence-electron chi connectivity index (χ2n) is 7.19. The van der Waals surface area contributed by atoms with Crippen molar-refractivity contribution in [3.05, 3.63) is 36.8 Å². The molecule has 0 aromatic carbocycles. The highest BCUT2D eigenvalue weighted by Crippen LogP contribution is 2.26. The number of fused-ring (bicyclic) bond motifs is 1. The van der Waals surface area contributed by atoms with E-state index in [4.69, 9.17) is 0 Å². The summed E-state index contributed by atoms with van der Waals surface area (Å²) in [7, 11) is -3.32. The molecule has 5 heterocycles. The van der Waals surface area contributed by atoms with Crippen molar-refractivity contribution in [1.29, 1.82) is 0 Å². The SMILES string of the molecule is O=S1(=O)CCCN1c1cn2c(-c3cccc(NC4CNCC4F)n3)cnc2cn1. The third-order valence-electron chi connectivity index (χ3n) is 5.22. The molecule has 0 amide bonds. The second kappa shape index (κ2) is 6.92. The van der Waals surface area contributed by atoms with Gasteiger partial charge < -0.3 is 10.6 Å². The Hall–Kier alpha value is -2.79. The van der Waals surface area contributed by atoms with E-state index < -0.39 is 16.2 Å². The molecule has 2 atom stereocenters. The molecule has 2 unspecified atom stereocenters. The van der Waals surface area contributed by atoms with Gasteiger partial charge in [0.2, 0.25) is 10.0 Å². The Morgan fingerprint density at radius 2 is 2.10 bits per heavy atom. The number of pyridine rings is 1. The van der Waals surface area contributed by atoms with Crippen molar-refractivity contribution < 1.29 is 12.8 Å². The molecule has 2 aliphatic rings. The van der Waals surface area contributed by atoms with E-state index in [-0.39, 0.29) is 11.8 Å². The molecule has 2 N–H and O–H groups in total. The molecule has 0 spiro atoms. The third kappa shape index (κ3) is 3.29. The Kier molecular flexibility index (Phi) is 4.36. The minimum atomic E-state index is -3.32. The number of hydrogen-bond acceptors (Lipinski definition) is 7. The van der Waals surface area contributed by atoms with Gasteiger partial charge in [0.15, 0.2) is 11.5 Å². The molecule has 0 bridgehead atoms. The summed E-state index contributed by atoms with van der Waals surface area (Å²) in [5.74, 6) is 1.07. The van der Waals surface area contributed by atoms with Crippen LogP contribution in [0.5, 0.6) is 0 Å². The van der Waals surface area contributed by atoms with E-state index in [0.717, 1.165) is 0 Å². The van der Waals surface area contributed by atoms with Crippen LogP contribution in [-0.4, -0.2) is 65.4 Å². The average molecular weight is 417 g/mol. The first kappa shape index (κ1) is 18.3. The fourth-order valence-corrected chi connectivity index (χ4v) is 5.23. The summed E-state index contributed by atoms with van der Waals surface area (Å²) in [6.45, 7) is 1.30. The Bertz CT molecular complexity index is 1170. The van der Waals surface area contributed by atoms with E-state index >= 15 is 0 Å². The van der Waals surface area contributed by atoms with E-state index in [1.54, 1.807) is 29.1 Å². The Balaban J connectivity index is 1.50. The number of rotatable bonds is 4. The van der Waals surface area contributed by atoms with Gasteiger partial charge in [-0.2, -0.15) is 0 Å². The molecule has 2 fully saturated rings. The fourth-order valence-electron chi connectivity index (χ4n) is 3.73. The topological polar surface area (TPSA) is 105 Å². The average Bonchev–Trinajstić information content (AvgIpc) is 3.40. The quantitative estimate of drug-likeness (QED) is 0.654. The van der Waals surface area contributed by atoms with E-state index in [2.05, 4.69) is 25.6 Å². The minimum Gasteiger partial charge on any atom is -0.363 e. The summed E-state index contributed by atoms with van der Waals surface area (Å²) in [4.78, 5) is 13.2. The van der Waals surface area contributed by atoms with Crippen LogP contribution in [0.1, 0.15) is 6.42 Å². The van der Waals surface area contributed by atoms with Gasteiger partial charge in [-0.15, -0.1) is 0 Å². The van der Waals surface area contributed by atoms with Gasteiger partial charge in [0.05, 0.1) is 41.8 Å². The fraction of sp³-hybridized carbons (Fsp3) is 0.389. The number of halogens is 1. The maximum atomic E-state index is 13.9. The first-order chi connectivity index (χ1) is 14.0. The van der Waals surface area contributed by atoms with Gasteiger partial charge in [-0.25, -0.2) is 27.8 Å². The Morgan fingerprint density at radius 1 is 1.21 bits per heavy atom. The van der Waals surface area contributed by atoms with Crippen molar-refractivity contribution in [3.63, 3.8) is 0 Å². The number of sulfonamides is 1. The summed E-state index contributed by atoms with van der Waals surface area (Å²) in [5.41, 5.74) is 1.93. The maximum absolute atomic E-state index is 13.9. The number of alkyl halides is 1. The zero-order valence-electron chi connectivity index (χ0n) is 15.5. The van der Waals surface area contributed by atoms with Crippen LogP contribution < -0.4 is 14.9 Å². The van der Waals surface area contributed by atoms with E-state index in [1.807, 2.05) is 12.1 Å². The van der Waals surface area contributed by atoms with Gasteiger partial charge in [0.25, 0.3) is 0 Å². The number of aromatic nitrogens is 4. The van der Waals surface area contributed by atoms with Crippen LogP contribution in [0.4, 0.5) is 16.0 Å². The van der Waals surface area contributed by atoms with Gasteiger partial charge in [0, 0.05) is 19.6 Å². The lowest BCUT2D eigenvalue weighted by Crippen LogP contribution is -2.29. The lowest BCUT2D eigenvalue weighted by atomic mass is 10.2. The zero-order valence-corrected chi connectivity index (χ0v) is 16.3. The first-order valence-electron chi connectivity index (χ1n) is 9.43. The van der Waals surface area contributed by atoms with Gasteiger partial charge in [0.1, 0.15) is 12.0 Å². The van der Waals surface area contributed by atoms with Crippen LogP contribution >= 0.6 is 0 Å². The molecule has 5 rings (SSSR count). The number of anilines is 2. The van der Waals surface area contributed by atoms with Crippen LogP contribution in [0.15, 0.2) is 36.8 Å². The number of imidazole rings is 1. The molecule has 0 aliphatic carbocycles. The molecular formula is C18H20FN7O2S. The molecule has 9 nitrogen and oxygen atoms in total. The van der Waals surface area contributed by atoms with Crippen molar-refractivity contribution in [2.45, 2.75) is 18.6 Å². The van der Waals surface area contributed by atoms with Gasteiger partial charge in [-0.05, 0) is 18.6 Å². The highest BCUT2D eigenvalue weighted by atomic mass is 32.2. The summed E-state index contributed by atoms with van der Waals surface area (Å²) < 4.78 is 41.5. The molecule has 0 radical (unpaired) electrons. The highest BCUT2D eigenvalue weighted by Gasteiger charge is 2.30. The Labute approximate surface area is 167 Å². The molecule has 29 heavy (non-hydrogen) atoms. The van der Waals surface area contributed by atoms with Crippen LogP contribution in [-0.2, 0) is 10.0 Å². The first-order valence-corrected chi connectivity index (χ1v) is 11.0. The second-order valence-corrected chi connectivity index (χ2v) is 9.20. The molecule has 152 valence electrons. The largest absolute Gasteiger partial charge is 0.363 e. The molecule has 2 saturated heterocycles. The van der Waals surface area contributed by atoms with Crippen LogP contribution in [0.25, 0.3) is 17.0 Å². The normalized spacial score (nSPS) is 23.7. The van der Waals surface area contributed by atoms with Crippen molar-refractivity contribution in [1.82, 2.24) is 24.7 Å².